The van der Waals surface area contributed by atoms with Crippen LogP contribution in [0.25, 0.3) is 11.5 Å². The van der Waals surface area contributed by atoms with Crippen molar-refractivity contribution >= 4 is 5.91 Å². The van der Waals surface area contributed by atoms with Gasteiger partial charge in [-0.2, -0.15) is 5.10 Å². The Bertz CT molecular complexity index is 707. The topological polar surface area (TPSA) is 77.1 Å². The normalized spacial score (nSPS) is 10.8. The molecule has 1 N–H and O–H groups in total. The molecular formula is C20H29N3O3. The molecule has 2 aromatic heterocycles. The van der Waals surface area contributed by atoms with Crippen LogP contribution in [0.1, 0.15) is 58.3 Å². The molecule has 1 amide bonds. The maximum Gasteiger partial charge on any atom is 0.266 e. The van der Waals surface area contributed by atoms with E-state index in [0.717, 1.165) is 12.8 Å². The molecule has 26 heavy (non-hydrogen) atoms. The fraction of sp³-hybridized carbons (Fsp3) is 0.550. The Hall–Kier alpha value is -2.37. The van der Waals surface area contributed by atoms with Crippen LogP contribution in [0, 0.1) is 0 Å². The Labute approximate surface area is 154 Å². The van der Waals surface area contributed by atoms with Crippen molar-refractivity contribution in [3.8, 4) is 11.5 Å². The molecule has 0 unspecified atom stereocenters. The molecule has 0 fully saturated rings. The van der Waals surface area contributed by atoms with Gasteiger partial charge >= 0.3 is 0 Å². The Kier molecular flexibility index (Phi) is 8.66. The molecule has 0 radical (unpaired) electrons. The molecule has 0 aliphatic heterocycles. The van der Waals surface area contributed by atoms with Crippen molar-refractivity contribution in [2.24, 2.45) is 0 Å². The lowest BCUT2D eigenvalue weighted by Gasteiger charge is -2.08. The number of aromatic nitrogens is 2. The van der Waals surface area contributed by atoms with E-state index in [4.69, 9.17) is 4.42 Å². The standard InChI is InChI=1S/C20H29N3O3/c1-2-3-4-5-6-7-8-11-19(24)21-14-15-23-20(25)13-12-17(22-23)18-10-9-16-26-18/h9-10,12-13,16H,2-8,11,14-15H2,1H3,(H,21,24). The minimum absolute atomic E-state index is 0.0359. The van der Waals surface area contributed by atoms with Gasteiger partial charge in [0, 0.05) is 19.0 Å². The minimum atomic E-state index is -0.193. The quantitative estimate of drug-likeness (QED) is 0.585. The largest absolute Gasteiger partial charge is 0.463 e. The van der Waals surface area contributed by atoms with Gasteiger partial charge in [-0.25, -0.2) is 4.68 Å². The van der Waals surface area contributed by atoms with Gasteiger partial charge < -0.3 is 9.73 Å². The smallest absolute Gasteiger partial charge is 0.266 e. The first-order chi connectivity index (χ1) is 12.7. The number of carbonyl (C=O) groups excluding carboxylic acids is 1. The SMILES string of the molecule is CCCCCCCCCC(=O)NCCn1nc(-c2ccco2)ccc1=O. The van der Waals surface area contributed by atoms with Crippen molar-refractivity contribution < 1.29 is 9.21 Å². The van der Waals surface area contributed by atoms with E-state index in [9.17, 15) is 9.59 Å². The monoisotopic (exact) mass is 359 g/mol. The summed E-state index contributed by atoms with van der Waals surface area (Å²) in [5.74, 6) is 0.649. The van der Waals surface area contributed by atoms with Crippen LogP contribution < -0.4 is 10.9 Å². The molecule has 0 spiro atoms. The van der Waals surface area contributed by atoms with Crippen molar-refractivity contribution in [1.29, 1.82) is 0 Å². The highest BCUT2D eigenvalue weighted by atomic mass is 16.3. The maximum atomic E-state index is 11.9. The van der Waals surface area contributed by atoms with E-state index < -0.39 is 0 Å². The average molecular weight is 359 g/mol. The molecule has 6 nitrogen and oxygen atoms in total. The first-order valence-electron chi connectivity index (χ1n) is 9.59. The van der Waals surface area contributed by atoms with E-state index in [1.807, 2.05) is 0 Å². The molecule has 2 rings (SSSR count). The van der Waals surface area contributed by atoms with Crippen molar-refractivity contribution in [2.75, 3.05) is 6.54 Å². The fourth-order valence-corrected chi connectivity index (χ4v) is 2.80. The molecular weight excluding hydrogens is 330 g/mol. The summed E-state index contributed by atoms with van der Waals surface area (Å²) in [6.45, 7) is 2.95. The van der Waals surface area contributed by atoms with E-state index >= 15 is 0 Å². The van der Waals surface area contributed by atoms with E-state index in [1.165, 1.54) is 42.9 Å². The molecule has 2 heterocycles. The lowest BCUT2D eigenvalue weighted by atomic mass is 10.1. The number of nitrogens with one attached hydrogen (secondary N) is 1. The summed E-state index contributed by atoms with van der Waals surface area (Å²) in [4.78, 5) is 23.8. The first-order valence-corrected chi connectivity index (χ1v) is 9.59. The summed E-state index contributed by atoms with van der Waals surface area (Å²) in [5.41, 5.74) is 0.408. The third-order valence-electron chi connectivity index (χ3n) is 4.29. The molecule has 0 saturated heterocycles. The van der Waals surface area contributed by atoms with Gasteiger partial charge in [-0.05, 0) is 24.6 Å². The summed E-state index contributed by atoms with van der Waals surface area (Å²) in [6.07, 6.45) is 10.4. The summed E-state index contributed by atoms with van der Waals surface area (Å²) in [7, 11) is 0. The number of hydrogen-bond donors (Lipinski definition) is 1. The van der Waals surface area contributed by atoms with Gasteiger partial charge in [0.25, 0.3) is 5.56 Å². The predicted octanol–water partition coefficient (Wildman–Crippen LogP) is 3.76. The van der Waals surface area contributed by atoms with Gasteiger partial charge in [-0.15, -0.1) is 0 Å². The molecule has 0 saturated carbocycles. The average Bonchev–Trinajstić information content (AvgIpc) is 3.17. The molecule has 2 aromatic rings. The Morgan fingerprint density at radius 3 is 2.62 bits per heavy atom. The number of rotatable bonds is 12. The number of carbonyl (C=O) groups is 1. The molecule has 0 atom stereocenters. The van der Waals surface area contributed by atoms with E-state index in [1.54, 1.807) is 24.5 Å². The van der Waals surface area contributed by atoms with Gasteiger partial charge in [0.2, 0.25) is 5.91 Å². The molecule has 0 bridgehead atoms. The minimum Gasteiger partial charge on any atom is -0.463 e. The van der Waals surface area contributed by atoms with Gasteiger partial charge in [0.1, 0.15) is 5.69 Å². The van der Waals surface area contributed by atoms with Crippen molar-refractivity contribution in [3.63, 3.8) is 0 Å². The highest BCUT2D eigenvalue weighted by molar-refractivity contribution is 5.75. The van der Waals surface area contributed by atoms with E-state index in [2.05, 4.69) is 17.3 Å². The summed E-state index contributed by atoms with van der Waals surface area (Å²) >= 11 is 0. The van der Waals surface area contributed by atoms with Crippen molar-refractivity contribution in [1.82, 2.24) is 15.1 Å². The van der Waals surface area contributed by atoms with Crippen LogP contribution >= 0.6 is 0 Å². The Balaban J connectivity index is 1.67. The number of hydrogen-bond acceptors (Lipinski definition) is 4. The van der Waals surface area contributed by atoms with E-state index in [-0.39, 0.29) is 11.5 Å². The van der Waals surface area contributed by atoms with Crippen LogP contribution in [-0.4, -0.2) is 22.2 Å². The first kappa shape index (κ1) is 19.9. The lowest BCUT2D eigenvalue weighted by molar-refractivity contribution is -0.121. The highest BCUT2D eigenvalue weighted by Crippen LogP contribution is 2.14. The fourth-order valence-electron chi connectivity index (χ4n) is 2.80. The zero-order valence-corrected chi connectivity index (χ0v) is 15.6. The number of amides is 1. The van der Waals surface area contributed by atoms with Crippen molar-refractivity contribution in [2.45, 2.75) is 64.8 Å². The molecule has 0 aromatic carbocycles. The number of furan rings is 1. The van der Waals surface area contributed by atoms with Crippen LogP contribution in [0.5, 0.6) is 0 Å². The zero-order valence-electron chi connectivity index (χ0n) is 15.6. The maximum absolute atomic E-state index is 11.9. The second-order valence-corrected chi connectivity index (χ2v) is 6.48. The number of unbranched alkanes of at least 4 members (excludes halogenated alkanes) is 6. The van der Waals surface area contributed by atoms with Gasteiger partial charge in [0.05, 0.1) is 12.8 Å². The van der Waals surface area contributed by atoms with Crippen LogP contribution in [0.2, 0.25) is 0 Å². The highest BCUT2D eigenvalue weighted by Gasteiger charge is 2.06. The van der Waals surface area contributed by atoms with Gasteiger partial charge in [-0.1, -0.05) is 45.4 Å². The lowest BCUT2D eigenvalue weighted by Crippen LogP contribution is -2.31. The Morgan fingerprint density at radius 1 is 1.12 bits per heavy atom. The van der Waals surface area contributed by atoms with Crippen LogP contribution in [0.4, 0.5) is 0 Å². The Morgan fingerprint density at radius 2 is 1.88 bits per heavy atom. The van der Waals surface area contributed by atoms with Gasteiger partial charge in [0.15, 0.2) is 5.76 Å². The zero-order chi connectivity index (χ0) is 18.6. The summed E-state index contributed by atoms with van der Waals surface area (Å²) < 4.78 is 6.65. The molecule has 6 heteroatoms. The molecule has 0 aliphatic carbocycles. The third-order valence-corrected chi connectivity index (χ3v) is 4.29. The van der Waals surface area contributed by atoms with Crippen LogP contribution in [0.15, 0.2) is 39.7 Å². The second-order valence-electron chi connectivity index (χ2n) is 6.48. The molecule has 142 valence electrons. The second kappa shape index (κ2) is 11.3. The molecule has 0 aliphatic rings. The van der Waals surface area contributed by atoms with Crippen molar-refractivity contribution in [3.05, 3.63) is 40.9 Å². The van der Waals surface area contributed by atoms with Crippen LogP contribution in [0.3, 0.4) is 0 Å². The predicted molar refractivity (Wildman–Crippen MR) is 102 cm³/mol. The van der Waals surface area contributed by atoms with Gasteiger partial charge in [-0.3, -0.25) is 9.59 Å². The van der Waals surface area contributed by atoms with E-state index in [0.29, 0.717) is 31.0 Å². The third kappa shape index (κ3) is 6.86. The summed E-state index contributed by atoms with van der Waals surface area (Å²) in [6, 6.07) is 6.67. The summed E-state index contributed by atoms with van der Waals surface area (Å²) in [5, 5.41) is 7.14. The van der Waals surface area contributed by atoms with Crippen LogP contribution in [-0.2, 0) is 11.3 Å². The number of nitrogens with zero attached hydrogens (tertiary/aromatic N) is 2.